The minimum absolute atomic E-state index is 0.0714. The molecular weight excluding hydrogens is 340 g/mol. The summed E-state index contributed by atoms with van der Waals surface area (Å²) in [5, 5.41) is 12.2. The van der Waals surface area contributed by atoms with Crippen LogP contribution in [0, 0.1) is 0 Å². The molecule has 0 spiro atoms. The third kappa shape index (κ3) is 5.06. The van der Waals surface area contributed by atoms with E-state index in [1.54, 1.807) is 6.92 Å². The molecule has 2 N–H and O–H groups in total. The van der Waals surface area contributed by atoms with Crippen LogP contribution in [0.5, 0.6) is 0 Å². The fourth-order valence-corrected chi connectivity index (χ4v) is 2.65. The van der Waals surface area contributed by atoms with E-state index in [0.29, 0.717) is 5.89 Å². The molecular formula is C17H22N4O3S. The third-order valence-corrected chi connectivity index (χ3v) is 4.45. The number of amides is 3. The van der Waals surface area contributed by atoms with Crippen LogP contribution in [-0.2, 0) is 10.2 Å². The summed E-state index contributed by atoms with van der Waals surface area (Å²) in [6, 6.07) is 7.38. The Morgan fingerprint density at radius 2 is 1.80 bits per heavy atom. The lowest BCUT2D eigenvalue weighted by Gasteiger charge is -2.18. The maximum atomic E-state index is 11.8. The van der Waals surface area contributed by atoms with Crippen molar-refractivity contribution in [2.45, 2.75) is 43.6 Å². The molecule has 0 bridgehead atoms. The van der Waals surface area contributed by atoms with Crippen molar-refractivity contribution in [1.82, 2.24) is 20.8 Å². The molecule has 0 saturated heterocycles. The van der Waals surface area contributed by atoms with Gasteiger partial charge in [0, 0.05) is 12.6 Å². The number of thioether (sulfide) groups is 1. The van der Waals surface area contributed by atoms with Gasteiger partial charge in [0.1, 0.15) is 0 Å². The van der Waals surface area contributed by atoms with E-state index in [-0.39, 0.29) is 10.6 Å². The summed E-state index contributed by atoms with van der Waals surface area (Å²) in [7, 11) is 1.44. The average Bonchev–Trinajstić information content (AvgIpc) is 3.02. The minimum atomic E-state index is -0.553. The van der Waals surface area contributed by atoms with E-state index in [9.17, 15) is 9.59 Å². The van der Waals surface area contributed by atoms with Crippen LogP contribution in [0.2, 0.25) is 0 Å². The number of nitrogens with one attached hydrogen (secondary N) is 2. The number of nitrogens with zero attached hydrogens (tertiary/aromatic N) is 2. The number of imide groups is 1. The van der Waals surface area contributed by atoms with Crippen molar-refractivity contribution in [2.75, 3.05) is 7.05 Å². The summed E-state index contributed by atoms with van der Waals surface area (Å²) < 4.78 is 5.61. The van der Waals surface area contributed by atoms with Crippen LogP contribution in [0.3, 0.4) is 0 Å². The number of rotatable bonds is 4. The first-order valence-electron chi connectivity index (χ1n) is 7.84. The van der Waals surface area contributed by atoms with E-state index in [2.05, 4.69) is 41.6 Å². The van der Waals surface area contributed by atoms with Gasteiger partial charge in [-0.05, 0) is 30.0 Å². The zero-order chi connectivity index (χ0) is 18.6. The molecule has 0 saturated carbocycles. The van der Waals surface area contributed by atoms with Gasteiger partial charge in [0.2, 0.25) is 11.8 Å². The van der Waals surface area contributed by atoms with Crippen molar-refractivity contribution in [1.29, 1.82) is 0 Å². The van der Waals surface area contributed by atoms with Crippen LogP contribution in [-0.4, -0.2) is 34.4 Å². The van der Waals surface area contributed by atoms with Gasteiger partial charge >= 0.3 is 6.03 Å². The Labute approximate surface area is 151 Å². The number of hydrogen-bond donors (Lipinski definition) is 2. The van der Waals surface area contributed by atoms with E-state index in [1.165, 1.54) is 12.6 Å². The van der Waals surface area contributed by atoms with Crippen molar-refractivity contribution in [3.63, 3.8) is 0 Å². The highest BCUT2D eigenvalue weighted by Crippen LogP contribution is 2.28. The molecule has 1 heterocycles. The first-order chi connectivity index (χ1) is 11.7. The molecule has 1 aromatic heterocycles. The Morgan fingerprint density at radius 1 is 1.16 bits per heavy atom. The Morgan fingerprint density at radius 3 is 2.36 bits per heavy atom. The van der Waals surface area contributed by atoms with Crippen molar-refractivity contribution in [2.24, 2.45) is 0 Å². The van der Waals surface area contributed by atoms with Gasteiger partial charge in [-0.25, -0.2) is 4.79 Å². The van der Waals surface area contributed by atoms with Crippen LogP contribution >= 0.6 is 11.8 Å². The highest BCUT2D eigenvalue weighted by Gasteiger charge is 2.20. The smallest absolute Gasteiger partial charge is 0.321 e. The number of carbonyl (C=O) groups is 2. The van der Waals surface area contributed by atoms with Crippen molar-refractivity contribution >= 4 is 23.7 Å². The fraction of sp³-hybridized carbons (Fsp3) is 0.412. The molecule has 3 amide bonds. The lowest BCUT2D eigenvalue weighted by atomic mass is 9.87. The molecule has 1 atom stereocenters. The van der Waals surface area contributed by atoms with Crippen molar-refractivity contribution in [3.05, 3.63) is 29.8 Å². The van der Waals surface area contributed by atoms with Crippen molar-refractivity contribution < 1.29 is 14.0 Å². The van der Waals surface area contributed by atoms with Crippen LogP contribution in [0.25, 0.3) is 11.5 Å². The maximum absolute atomic E-state index is 11.8. The molecule has 25 heavy (non-hydrogen) atoms. The molecule has 1 aromatic carbocycles. The molecule has 2 rings (SSSR count). The van der Waals surface area contributed by atoms with Crippen LogP contribution < -0.4 is 10.6 Å². The predicted molar refractivity (Wildman–Crippen MR) is 96.4 cm³/mol. The molecule has 8 heteroatoms. The Balaban J connectivity index is 2.04. The third-order valence-electron chi connectivity index (χ3n) is 3.51. The topological polar surface area (TPSA) is 97.1 Å². The lowest BCUT2D eigenvalue weighted by molar-refractivity contribution is -0.119. The summed E-state index contributed by atoms with van der Waals surface area (Å²) in [6.07, 6.45) is 0. The lowest BCUT2D eigenvalue weighted by Crippen LogP contribution is -2.41. The average molecular weight is 362 g/mol. The molecule has 0 unspecified atom stereocenters. The van der Waals surface area contributed by atoms with Gasteiger partial charge in [0.05, 0.1) is 5.25 Å². The monoisotopic (exact) mass is 362 g/mol. The van der Waals surface area contributed by atoms with E-state index in [1.807, 2.05) is 24.3 Å². The molecule has 2 aromatic rings. The highest BCUT2D eigenvalue weighted by atomic mass is 32.2. The first-order valence-corrected chi connectivity index (χ1v) is 8.72. The number of urea groups is 1. The van der Waals surface area contributed by atoms with E-state index in [4.69, 9.17) is 4.42 Å². The molecule has 0 radical (unpaired) electrons. The zero-order valence-electron chi connectivity index (χ0n) is 14.9. The van der Waals surface area contributed by atoms with Crippen LogP contribution in [0.1, 0.15) is 33.3 Å². The summed E-state index contributed by atoms with van der Waals surface area (Å²) in [4.78, 5) is 23.0. The van der Waals surface area contributed by atoms with E-state index >= 15 is 0 Å². The normalized spacial score (nSPS) is 12.5. The standard InChI is InChI=1S/C17H22N4O3S/c1-10(13(22)19-15(23)18-5)25-16-21-20-14(24-16)11-6-8-12(9-7-11)17(2,3)4/h6-10H,1-5H3,(H2,18,19,22,23)/t10-/m0/s1. The highest BCUT2D eigenvalue weighted by molar-refractivity contribution is 8.00. The van der Waals surface area contributed by atoms with Gasteiger partial charge in [-0.3, -0.25) is 10.1 Å². The quantitative estimate of drug-likeness (QED) is 0.812. The van der Waals surface area contributed by atoms with E-state index in [0.717, 1.165) is 17.3 Å². The molecule has 7 nitrogen and oxygen atoms in total. The zero-order valence-corrected chi connectivity index (χ0v) is 15.7. The summed E-state index contributed by atoms with van der Waals surface area (Å²) in [6.45, 7) is 8.10. The SMILES string of the molecule is CNC(=O)NC(=O)[C@H](C)Sc1nnc(-c2ccc(C(C)(C)C)cc2)o1. The van der Waals surface area contributed by atoms with Gasteiger partial charge in [-0.1, -0.05) is 44.7 Å². The number of carbonyl (C=O) groups excluding carboxylic acids is 2. The number of aromatic nitrogens is 2. The van der Waals surface area contributed by atoms with Gasteiger partial charge in [-0.2, -0.15) is 0 Å². The second-order valence-electron chi connectivity index (χ2n) is 6.53. The predicted octanol–water partition coefficient (Wildman–Crippen LogP) is 2.97. The van der Waals surface area contributed by atoms with Crippen LogP contribution in [0.4, 0.5) is 4.79 Å². The van der Waals surface area contributed by atoms with Crippen molar-refractivity contribution in [3.8, 4) is 11.5 Å². The van der Waals surface area contributed by atoms with Crippen LogP contribution in [0.15, 0.2) is 33.9 Å². The van der Waals surface area contributed by atoms with Gasteiger partial charge in [-0.15, -0.1) is 10.2 Å². The summed E-state index contributed by atoms with van der Waals surface area (Å²) >= 11 is 1.09. The maximum Gasteiger partial charge on any atom is 0.321 e. The number of hydrogen-bond acceptors (Lipinski definition) is 6. The second kappa shape index (κ2) is 7.69. The van der Waals surface area contributed by atoms with Gasteiger partial charge in [0.25, 0.3) is 5.22 Å². The Kier molecular flexibility index (Phi) is 5.84. The van der Waals surface area contributed by atoms with E-state index < -0.39 is 17.2 Å². The number of benzene rings is 1. The van der Waals surface area contributed by atoms with Gasteiger partial charge in [0.15, 0.2) is 0 Å². The second-order valence-corrected chi connectivity index (χ2v) is 7.82. The molecule has 0 aliphatic heterocycles. The first kappa shape index (κ1) is 19.0. The summed E-state index contributed by atoms with van der Waals surface area (Å²) in [5.74, 6) is -0.0412. The molecule has 0 fully saturated rings. The molecule has 0 aliphatic rings. The molecule has 134 valence electrons. The Bertz CT molecular complexity index is 750. The summed E-state index contributed by atoms with van der Waals surface area (Å²) in [5.41, 5.74) is 2.10. The largest absolute Gasteiger partial charge is 0.411 e. The molecule has 0 aliphatic carbocycles. The fourth-order valence-electron chi connectivity index (χ4n) is 1.97. The Hall–Kier alpha value is -2.35. The minimum Gasteiger partial charge on any atom is -0.411 e. The van der Waals surface area contributed by atoms with Gasteiger partial charge < -0.3 is 9.73 Å².